The van der Waals surface area contributed by atoms with E-state index in [0.29, 0.717) is 0 Å². The zero-order chi connectivity index (χ0) is 10.8. The summed E-state index contributed by atoms with van der Waals surface area (Å²) in [5.74, 6) is 0. The zero-order valence-corrected chi connectivity index (χ0v) is 9.60. The highest BCUT2D eigenvalue weighted by Crippen LogP contribution is 2.30. The standard InChI is InChI=1S/C14H12Cl/c1-10-7-8-11(2)13(9-10)12-5-3-4-6-14(12)15/h3-6,8-9H,1-2H3. The first-order chi connectivity index (χ1) is 7.18. The molecule has 0 saturated carbocycles. The first-order valence-electron chi connectivity index (χ1n) is 4.92. The largest absolute Gasteiger partial charge is 0.0837 e. The molecule has 0 aliphatic rings. The summed E-state index contributed by atoms with van der Waals surface area (Å²) in [6.07, 6.45) is 0. The lowest BCUT2D eigenvalue weighted by atomic mass is 9.98. The quantitative estimate of drug-likeness (QED) is 0.661. The summed E-state index contributed by atoms with van der Waals surface area (Å²) in [6.45, 7) is 4.12. The van der Waals surface area contributed by atoms with E-state index in [9.17, 15) is 0 Å². The van der Waals surface area contributed by atoms with Crippen molar-refractivity contribution in [1.29, 1.82) is 0 Å². The Morgan fingerprint density at radius 2 is 1.80 bits per heavy atom. The van der Waals surface area contributed by atoms with Gasteiger partial charge in [0.05, 0.1) is 0 Å². The van der Waals surface area contributed by atoms with Crippen molar-refractivity contribution in [3.63, 3.8) is 0 Å². The van der Waals surface area contributed by atoms with Gasteiger partial charge in [0, 0.05) is 10.6 Å². The second-order valence-corrected chi connectivity index (χ2v) is 4.10. The summed E-state index contributed by atoms with van der Waals surface area (Å²) in [4.78, 5) is 0. The van der Waals surface area contributed by atoms with Crippen LogP contribution in [0.15, 0.2) is 36.4 Å². The summed E-state index contributed by atoms with van der Waals surface area (Å²) >= 11 is 6.17. The number of benzene rings is 2. The van der Waals surface area contributed by atoms with Crippen LogP contribution in [0.2, 0.25) is 5.02 Å². The number of hydrogen-bond acceptors (Lipinski definition) is 0. The first kappa shape index (κ1) is 10.3. The van der Waals surface area contributed by atoms with Crippen LogP contribution in [0, 0.1) is 19.9 Å². The lowest BCUT2D eigenvalue weighted by Crippen LogP contribution is -1.85. The Balaban J connectivity index is 2.64. The normalized spacial score (nSPS) is 10.3. The van der Waals surface area contributed by atoms with E-state index in [0.717, 1.165) is 16.1 Å². The predicted octanol–water partition coefficient (Wildman–Crippen LogP) is 4.42. The van der Waals surface area contributed by atoms with Gasteiger partial charge in [-0.25, -0.2) is 0 Å². The molecule has 0 aliphatic carbocycles. The molecule has 0 heterocycles. The molecule has 75 valence electrons. The molecule has 2 rings (SSSR count). The van der Waals surface area contributed by atoms with Crippen molar-refractivity contribution < 1.29 is 0 Å². The Morgan fingerprint density at radius 3 is 2.53 bits per heavy atom. The van der Waals surface area contributed by atoms with Crippen molar-refractivity contribution in [3.8, 4) is 11.1 Å². The third-order valence-corrected chi connectivity index (χ3v) is 2.80. The minimum absolute atomic E-state index is 0.797. The van der Waals surface area contributed by atoms with Gasteiger partial charge in [-0.15, -0.1) is 0 Å². The second-order valence-electron chi connectivity index (χ2n) is 3.69. The van der Waals surface area contributed by atoms with Gasteiger partial charge in [0.15, 0.2) is 0 Å². The van der Waals surface area contributed by atoms with Gasteiger partial charge in [-0.05, 0) is 42.7 Å². The second kappa shape index (κ2) is 4.08. The number of halogens is 1. The van der Waals surface area contributed by atoms with Crippen molar-refractivity contribution in [3.05, 3.63) is 58.6 Å². The van der Waals surface area contributed by atoms with Crippen LogP contribution in [0.1, 0.15) is 11.1 Å². The molecular formula is C14H12Cl. The summed E-state index contributed by atoms with van der Waals surface area (Å²) in [6, 6.07) is 15.2. The molecular weight excluding hydrogens is 204 g/mol. The van der Waals surface area contributed by atoms with Gasteiger partial charge in [0.25, 0.3) is 0 Å². The molecule has 2 aromatic carbocycles. The molecule has 0 bridgehead atoms. The van der Waals surface area contributed by atoms with Crippen LogP contribution in [0.3, 0.4) is 0 Å². The van der Waals surface area contributed by atoms with E-state index in [2.05, 4.69) is 19.1 Å². The topological polar surface area (TPSA) is 0 Å². The fraction of sp³-hybridized carbons (Fsp3) is 0.143. The Hall–Kier alpha value is -1.27. The van der Waals surface area contributed by atoms with Gasteiger partial charge < -0.3 is 0 Å². The van der Waals surface area contributed by atoms with E-state index in [1.807, 2.05) is 37.3 Å². The van der Waals surface area contributed by atoms with Gasteiger partial charge in [-0.2, -0.15) is 0 Å². The zero-order valence-electron chi connectivity index (χ0n) is 8.84. The van der Waals surface area contributed by atoms with Crippen molar-refractivity contribution in [2.75, 3.05) is 0 Å². The van der Waals surface area contributed by atoms with Gasteiger partial charge >= 0.3 is 0 Å². The molecule has 1 heteroatoms. The maximum atomic E-state index is 6.17. The van der Waals surface area contributed by atoms with Crippen LogP contribution < -0.4 is 0 Å². The number of rotatable bonds is 1. The van der Waals surface area contributed by atoms with Crippen LogP contribution in [0.4, 0.5) is 0 Å². The molecule has 0 spiro atoms. The predicted molar refractivity (Wildman–Crippen MR) is 65.2 cm³/mol. The van der Waals surface area contributed by atoms with Gasteiger partial charge in [-0.1, -0.05) is 41.9 Å². The third kappa shape index (κ3) is 2.05. The van der Waals surface area contributed by atoms with Crippen LogP contribution in [0.5, 0.6) is 0 Å². The Morgan fingerprint density at radius 1 is 1.07 bits per heavy atom. The maximum absolute atomic E-state index is 6.17. The molecule has 2 aromatic rings. The number of hydrogen-bond donors (Lipinski definition) is 0. The molecule has 1 radical (unpaired) electrons. The molecule has 0 aromatic heterocycles. The summed E-state index contributed by atoms with van der Waals surface area (Å²) in [5.41, 5.74) is 4.62. The molecule has 0 amide bonds. The van der Waals surface area contributed by atoms with E-state index in [1.54, 1.807) is 0 Å². The van der Waals surface area contributed by atoms with Crippen LogP contribution >= 0.6 is 11.6 Å². The van der Waals surface area contributed by atoms with Crippen LogP contribution in [-0.4, -0.2) is 0 Å². The molecule has 0 unspecified atom stereocenters. The lowest BCUT2D eigenvalue weighted by molar-refractivity contribution is 1.38. The summed E-state index contributed by atoms with van der Waals surface area (Å²) in [5, 5.41) is 0.797. The molecule has 15 heavy (non-hydrogen) atoms. The van der Waals surface area contributed by atoms with E-state index < -0.39 is 0 Å². The maximum Gasteiger partial charge on any atom is 0.0484 e. The van der Waals surface area contributed by atoms with E-state index in [-0.39, 0.29) is 0 Å². The fourth-order valence-electron chi connectivity index (χ4n) is 1.64. The summed E-state index contributed by atoms with van der Waals surface area (Å²) < 4.78 is 0. The van der Waals surface area contributed by atoms with Gasteiger partial charge in [-0.3, -0.25) is 0 Å². The Bertz CT molecular complexity index is 486. The highest BCUT2D eigenvalue weighted by molar-refractivity contribution is 6.33. The molecule has 0 saturated heterocycles. The Kier molecular flexibility index (Phi) is 2.79. The summed E-state index contributed by atoms with van der Waals surface area (Å²) in [7, 11) is 0. The van der Waals surface area contributed by atoms with Crippen molar-refractivity contribution in [2.24, 2.45) is 0 Å². The van der Waals surface area contributed by atoms with Crippen LogP contribution in [0.25, 0.3) is 11.1 Å². The van der Waals surface area contributed by atoms with Crippen molar-refractivity contribution in [2.45, 2.75) is 13.8 Å². The minimum Gasteiger partial charge on any atom is -0.0837 e. The average molecular weight is 216 g/mol. The molecule has 0 atom stereocenters. The monoisotopic (exact) mass is 215 g/mol. The van der Waals surface area contributed by atoms with E-state index in [1.165, 1.54) is 11.1 Å². The van der Waals surface area contributed by atoms with E-state index >= 15 is 0 Å². The minimum atomic E-state index is 0.797. The molecule has 0 aliphatic heterocycles. The van der Waals surface area contributed by atoms with Crippen LogP contribution in [-0.2, 0) is 0 Å². The van der Waals surface area contributed by atoms with Crippen molar-refractivity contribution >= 4 is 11.6 Å². The molecule has 0 N–H and O–H groups in total. The highest BCUT2D eigenvalue weighted by Gasteiger charge is 2.05. The Labute approximate surface area is 95.5 Å². The highest BCUT2D eigenvalue weighted by atomic mass is 35.5. The third-order valence-electron chi connectivity index (χ3n) is 2.47. The fourth-order valence-corrected chi connectivity index (χ4v) is 1.88. The van der Waals surface area contributed by atoms with Gasteiger partial charge in [0.1, 0.15) is 0 Å². The SMILES string of the molecule is Cc1[c]cc(C)c(-c2ccccc2Cl)c1. The van der Waals surface area contributed by atoms with E-state index in [4.69, 9.17) is 11.6 Å². The average Bonchev–Trinajstić information content (AvgIpc) is 2.23. The smallest absolute Gasteiger partial charge is 0.0484 e. The first-order valence-corrected chi connectivity index (χ1v) is 5.30. The molecule has 0 nitrogen and oxygen atoms in total. The lowest BCUT2D eigenvalue weighted by Gasteiger charge is -2.08. The molecule has 0 fully saturated rings. The number of aryl methyl sites for hydroxylation is 2. The van der Waals surface area contributed by atoms with Gasteiger partial charge in [0.2, 0.25) is 0 Å². The van der Waals surface area contributed by atoms with Crippen molar-refractivity contribution in [1.82, 2.24) is 0 Å².